The summed E-state index contributed by atoms with van der Waals surface area (Å²) in [7, 11) is 0. The van der Waals surface area contributed by atoms with Gasteiger partial charge in [0.25, 0.3) is 0 Å². The van der Waals surface area contributed by atoms with E-state index < -0.39 is 0 Å². The summed E-state index contributed by atoms with van der Waals surface area (Å²) in [5.74, 6) is 0.597. The van der Waals surface area contributed by atoms with Gasteiger partial charge in [-0.05, 0) is 82.9 Å². The van der Waals surface area contributed by atoms with Crippen LogP contribution in [0.15, 0.2) is 200 Å². The standard InChI is InChI=1S/C50H33N5/c1-4-16-34(17-5-1)37-26-27-48-42(30-37)39-22-10-11-25-47(39)55(48)49-40(35-18-6-2-7-19-35)31-38(32-41(49)36-20-8-3-9-21-36)50-53-45(43-23-12-14-28-51-43)33-46(54-50)44-24-13-15-29-52-44/h1-33H. The number of para-hydroxylation sites is 1. The van der Waals surface area contributed by atoms with Crippen molar-refractivity contribution in [2.24, 2.45) is 0 Å². The number of aromatic nitrogens is 5. The molecular formula is C50H33N5. The number of benzene rings is 6. The average Bonchev–Trinajstić information content (AvgIpc) is 3.60. The molecule has 0 bridgehead atoms. The molecule has 0 aliphatic carbocycles. The Balaban J connectivity index is 1.30. The molecule has 0 unspecified atom stereocenters. The summed E-state index contributed by atoms with van der Waals surface area (Å²) in [4.78, 5) is 19.7. The molecule has 5 nitrogen and oxygen atoms in total. The highest BCUT2D eigenvalue weighted by Crippen LogP contribution is 2.44. The van der Waals surface area contributed by atoms with E-state index in [4.69, 9.17) is 9.97 Å². The Hall–Kier alpha value is -7.50. The first-order chi connectivity index (χ1) is 27.3. The van der Waals surface area contributed by atoms with Crippen molar-refractivity contribution in [3.05, 3.63) is 200 Å². The van der Waals surface area contributed by atoms with Crippen molar-refractivity contribution in [3.8, 4) is 73.2 Å². The number of rotatable bonds is 7. The molecule has 4 aromatic heterocycles. The Morgan fingerprint density at radius 1 is 0.327 bits per heavy atom. The zero-order valence-electron chi connectivity index (χ0n) is 29.8. The molecule has 5 heteroatoms. The molecule has 4 heterocycles. The van der Waals surface area contributed by atoms with Gasteiger partial charge in [-0.2, -0.15) is 0 Å². The summed E-state index contributed by atoms with van der Waals surface area (Å²) in [6.07, 6.45) is 3.59. The van der Waals surface area contributed by atoms with Crippen molar-refractivity contribution in [3.63, 3.8) is 0 Å². The van der Waals surface area contributed by atoms with E-state index in [9.17, 15) is 0 Å². The number of hydrogen-bond acceptors (Lipinski definition) is 4. The Kier molecular flexibility index (Phi) is 8.08. The van der Waals surface area contributed by atoms with Crippen LogP contribution < -0.4 is 0 Å². The molecule has 0 spiro atoms. The smallest absolute Gasteiger partial charge is 0.160 e. The van der Waals surface area contributed by atoms with Gasteiger partial charge in [-0.1, -0.05) is 127 Å². The quantitative estimate of drug-likeness (QED) is 0.166. The maximum Gasteiger partial charge on any atom is 0.160 e. The van der Waals surface area contributed by atoms with Gasteiger partial charge in [0.2, 0.25) is 0 Å². The maximum atomic E-state index is 5.19. The molecule has 0 atom stereocenters. The third-order valence-electron chi connectivity index (χ3n) is 10.1. The lowest BCUT2D eigenvalue weighted by Crippen LogP contribution is -2.03. The van der Waals surface area contributed by atoms with Gasteiger partial charge in [0.1, 0.15) is 0 Å². The van der Waals surface area contributed by atoms with Gasteiger partial charge in [0.15, 0.2) is 5.82 Å². The molecule has 0 saturated heterocycles. The van der Waals surface area contributed by atoms with Crippen LogP contribution >= 0.6 is 0 Å². The van der Waals surface area contributed by atoms with E-state index in [-0.39, 0.29) is 0 Å². The van der Waals surface area contributed by atoms with E-state index in [1.807, 2.05) is 42.5 Å². The Morgan fingerprint density at radius 3 is 1.40 bits per heavy atom. The summed E-state index contributed by atoms with van der Waals surface area (Å²) in [6.45, 7) is 0. The van der Waals surface area contributed by atoms with Gasteiger partial charge < -0.3 is 4.57 Å². The molecule has 0 amide bonds. The van der Waals surface area contributed by atoms with E-state index in [0.29, 0.717) is 5.82 Å². The van der Waals surface area contributed by atoms with Crippen molar-refractivity contribution in [2.75, 3.05) is 0 Å². The number of fused-ring (bicyclic) bond motifs is 3. The monoisotopic (exact) mass is 703 g/mol. The van der Waals surface area contributed by atoms with Gasteiger partial charge in [0, 0.05) is 39.9 Å². The maximum absolute atomic E-state index is 5.19. The molecule has 0 saturated carbocycles. The van der Waals surface area contributed by atoms with Gasteiger partial charge in [-0.3, -0.25) is 9.97 Å². The van der Waals surface area contributed by atoms with Crippen LogP contribution in [0.25, 0.3) is 95.0 Å². The number of pyridine rings is 2. The Morgan fingerprint density at radius 2 is 0.836 bits per heavy atom. The highest BCUT2D eigenvalue weighted by molar-refractivity contribution is 6.12. The van der Waals surface area contributed by atoms with Crippen LogP contribution in [0.4, 0.5) is 0 Å². The Bertz CT molecular complexity index is 2830. The fraction of sp³-hybridized carbons (Fsp3) is 0. The van der Waals surface area contributed by atoms with Crippen molar-refractivity contribution < 1.29 is 0 Å². The van der Waals surface area contributed by atoms with E-state index >= 15 is 0 Å². The van der Waals surface area contributed by atoms with Crippen molar-refractivity contribution in [1.29, 1.82) is 0 Å². The van der Waals surface area contributed by atoms with Crippen LogP contribution in [0.3, 0.4) is 0 Å². The molecule has 0 fully saturated rings. The minimum atomic E-state index is 0.597. The van der Waals surface area contributed by atoms with Gasteiger partial charge >= 0.3 is 0 Å². The lowest BCUT2D eigenvalue weighted by atomic mass is 9.92. The number of hydrogen-bond donors (Lipinski definition) is 0. The lowest BCUT2D eigenvalue weighted by molar-refractivity contribution is 1.14. The molecule has 0 aliphatic heterocycles. The predicted octanol–water partition coefficient (Wildman–Crippen LogP) is 12.4. The second-order valence-corrected chi connectivity index (χ2v) is 13.5. The van der Waals surface area contributed by atoms with Crippen LogP contribution in [-0.2, 0) is 0 Å². The highest BCUT2D eigenvalue weighted by atomic mass is 15.0. The normalized spacial score (nSPS) is 11.3. The molecule has 0 radical (unpaired) electrons. The van der Waals surface area contributed by atoms with Crippen molar-refractivity contribution in [2.45, 2.75) is 0 Å². The van der Waals surface area contributed by atoms with E-state index in [1.165, 1.54) is 21.9 Å². The summed E-state index contributed by atoms with van der Waals surface area (Å²) in [6, 6.07) is 65.6. The van der Waals surface area contributed by atoms with Crippen LogP contribution in [0.1, 0.15) is 0 Å². The van der Waals surface area contributed by atoms with Crippen LogP contribution in [0.2, 0.25) is 0 Å². The number of nitrogens with zero attached hydrogens (tertiary/aromatic N) is 5. The highest BCUT2D eigenvalue weighted by Gasteiger charge is 2.23. The molecule has 10 rings (SSSR count). The molecule has 10 aromatic rings. The van der Waals surface area contributed by atoms with Crippen LogP contribution in [0.5, 0.6) is 0 Å². The van der Waals surface area contributed by atoms with Gasteiger partial charge in [-0.25, -0.2) is 9.97 Å². The first-order valence-electron chi connectivity index (χ1n) is 18.4. The Labute approximate surface area is 318 Å². The van der Waals surface area contributed by atoms with E-state index in [2.05, 4.69) is 160 Å². The first-order valence-corrected chi connectivity index (χ1v) is 18.4. The first kappa shape index (κ1) is 32.2. The van der Waals surface area contributed by atoms with E-state index in [1.54, 1.807) is 12.4 Å². The second-order valence-electron chi connectivity index (χ2n) is 13.5. The molecule has 258 valence electrons. The molecular weight excluding hydrogens is 671 g/mol. The van der Waals surface area contributed by atoms with Crippen molar-refractivity contribution in [1.82, 2.24) is 24.5 Å². The minimum absolute atomic E-state index is 0.597. The SMILES string of the molecule is c1ccc(-c2ccc3c(c2)c2ccccc2n3-c2c(-c3ccccc3)cc(-c3nc(-c4ccccn4)cc(-c4ccccn4)n3)cc2-c2ccccc2)cc1. The summed E-state index contributed by atoms with van der Waals surface area (Å²) >= 11 is 0. The van der Waals surface area contributed by atoms with Crippen molar-refractivity contribution >= 4 is 21.8 Å². The fourth-order valence-electron chi connectivity index (χ4n) is 7.57. The molecule has 0 N–H and O–H groups in total. The topological polar surface area (TPSA) is 56.5 Å². The predicted molar refractivity (Wildman–Crippen MR) is 225 cm³/mol. The van der Waals surface area contributed by atoms with Crippen LogP contribution in [-0.4, -0.2) is 24.5 Å². The van der Waals surface area contributed by atoms with Gasteiger partial charge in [-0.15, -0.1) is 0 Å². The third kappa shape index (κ3) is 5.94. The third-order valence-corrected chi connectivity index (χ3v) is 10.1. The minimum Gasteiger partial charge on any atom is -0.308 e. The molecule has 0 aliphatic rings. The lowest BCUT2D eigenvalue weighted by Gasteiger charge is -2.21. The van der Waals surface area contributed by atoms with Crippen LogP contribution in [0, 0.1) is 0 Å². The summed E-state index contributed by atoms with van der Waals surface area (Å²) in [5.41, 5.74) is 13.9. The van der Waals surface area contributed by atoms with Gasteiger partial charge in [0.05, 0.1) is 39.5 Å². The second kappa shape index (κ2) is 13.8. The zero-order chi connectivity index (χ0) is 36.6. The molecule has 6 aromatic carbocycles. The zero-order valence-corrected chi connectivity index (χ0v) is 29.8. The summed E-state index contributed by atoms with van der Waals surface area (Å²) in [5, 5.41) is 2.40. The van der Waals surface area contributed by atoms with E-state index in [0.717, 1.165) is 67.3 Å². The largest absolute Gasteiger partial charge is 0.308 e. The fourth-order valence-corrected chi connectivity index (χ4v) is 7.57. The molecule has 55 heavy (non-hydrogen) atoms. The average molecular weight is 704 g/mol. The summed E-state index contributed by atoms with van der Waals surface area (Å²) < 4.78 is 2.44.